The van der Waals surface area contributed by atoms with Crippen molar-refractivity contribution in [2.45, 2.75) is 26.4 Å². The molecule has 0 aliphatic heterocycles. The first-order chi connectivity index (χ1) is 8.28. The molecule has 1 heterocycles. The first-order valence-electron chi connectivity index (χ1n) is 5.72. The maximum absolute atomic E-state index is 11.0. The van der Waals surface area contributed by atoms with Crippen LogP contribution >= 0.6 is 0 Å². The van der Waals surface area contributed by atoms with Gasteiger partial charge in [0.25, 0.3) is 0 Å². The van der Waals surface area contributed by atoms with Crippen molar-refractivity contribution < 1.29 is 12.8 Å². The van der Waals surface area contributed by atoms with Gasteiger partial charge in [-0.2, -0.15) is 0 Å². The highest BCUT2D eigenvalue weighted by Gasteiger charge is 2.12. The molecule has 0 radical (unpaired) electrons. The van der Waals surface area contributed by atoms with Crippen molar-refractivity contribution in [2.24, 2.45) is 0 Å². The van der Waals surface area contributed by atoms with Gasteiger partial charge in [-0.15, -0.1) is 5.10 Å². The Morgan fingerprint density at radius 3 is 2.61 bits per heavy atom. The SMILES string of the molecule is CC(C)NCc1nnc(N(C)CCS(C)(=O)=O)o1. The van der Waals surface area contributed by atoms with Crippen molar-refractivity contribution in [1.82, 2.24) is 15.5 Å². The van der Waals surface area contributed by atoms with Crippen LogP contribution in [-0.2, 0) is 16.4 Å². The fourth-order valence-corrected chi connectivity index (χ4v) is 1.77. The van der Waals surface area contributed by atoms with Crippen LogP contribution in [-0.4, -0.2) is 50.3 Å². The molecule has 7 nitrogen and oxygen atoms in total. The number of hydrogen-bond donors (Lipinski definition) is 1. The summed E-state index contributed by atoms with van der Waals surface area (Å²) in [6.07, 6.45) is 1.20. The summed E-state index contributed by atoms with van der Waals surface area (Å²) in [7, 11) is -1.27. The minimum absolute atomic E-state index is 0.0610. The van der Waals surface area contributed by atoms with Gasteiger partial charge in [-0.1, -0.05) is 18.9 Å². The molecule has 8 heteroatoms. The normalized spacial score (nSPS) is 12.1. The van der Waals surface area contributed by atoms with E-state index in [0.29, 0.717) is 31.0 Å². The number of aromatic nitrogens is 2. The second-order valence-electron chi connectivity index (χ2n) is 4.57. The van der Waals surface area contributed by atoms with Crippen LogP contribution in [0.4, 0.5) is 6.01 Å². The minimum atomic E-state index is -2.99. The van der Waals surface area contributed by atoms with E-state index in [4.69, 9.17) is 4.42 Å². The van der Waals surface area contributed by atoms with Crippen LogP contribution in [0.5, 0.6) is 0 Å². The number of nitrogens with one attached hydrogen (secondary N) is 1. The summed E-state index contributed by atoms with van der Waals surface area (Å²) >= 11 is 0. The molecule has 0 saturated heterocycles. The van der Waals surface area contributed by atoms with Gasteiger partial charge in [-0.25, -0.2) is 8.42 Å². The highest BCUT2D eigenvalue weighted by Crippen LogP contribution is 2.10. The number of rotatable bonds is 7. The molecule has 0 amide bonds. The molecule has 0 aliphatic carbocycles. The maximum Gasteiger partial charge on any atom is 0.317 e. The lowest BCUT2D eigenvalue weighted by Crippen LogP contribution is -2.25. The summed E-state index contributed by atoms with van der Waals surface area (Å²) in [5.74, 6) is 0.552. The van der Waals surface area contributed by atoms with E-state index in [1.807, 2.05) is 13.8 Å². The molecule has 0 atom stereocenters. The zero-order valence-electron chi connectivity index (χ0n) is 11.2. The van der Waals surface area contributed by atoms with E-state index in [-0.39, 0.29) is 5.75 Å². The fourth-order valence-electron chi connectivity index (χ4n) is 1.16. The summed E-state index contributed by atoms with van der Waals surface area (Å²) in [5.41, 5.74) is 0. The quantitative estimate of drug-likeness (QED) is 0.752. The Hall–Kier alpha value is -1.15. The second kappa shape index (κ2) is 6.14. The van der Waals surface area contributed by atoms with E-state index < -0.39 is 9.84 Å². The number of anilines is 1. The predicted octanol–water partition coefficient (Wildman–Crippen LogP) is 0.0484. The third-order valence-electron chi connectivity index (χ3n) is 2.24. The lowest BCUT2D eigenvalue weighted by Gasteiger charge is -2.12. The van der Waals surface area contributed by atoms with E-state index in [9.17, 15) is 8.42 Å². The lowest BCUT2D eigenvalue weighted by molar-refractivity contribution is 0.450. The zero-order chi connectivity index (χ0) is 13.8. The third kappa shape index (κ3) is 5.46. The summed E-state index contributed by atoms with van der Waals surface area (Å²) in [4.78, 5) is 1.63. The van der Waals surface area contributed by atoms with E-state index in [1.54, 1.807) is 11.9 Å². The van der Waals surface area contributed by atoms with Crippen LogP contribution in [0, 0.1) is 0 Å². The van der Waals surface area contributed by atoms with Gasteiger partial charge >= 0.3 is 6.01 Å². The Bertz CT molecular complexity index is 469. The maximum atomic E-state index is 11.0. The summed E-state index contributed by atoms with van der Waals surface area (Å²) in [6.45, 7) is 4.88. The Morgan fingerprint density at radius 2 is 2.06 bits per heavy atom. The largest absolute Gasteiger partial charge is 0.407 e. The molecule has 1 rings (SSSR count). The molecular formula is C10H20N4O3S. The summed E-state index contributed by atoms with van der Waals surface area (Å²) in [6, 6.07) is 0.669. The number of nitrogens with zero attached hydrogens (tertiary/aromatic N) is 3. The van der Waals surface area contributed by atoms with Gasteiger partial charge < -0.3 is 14.6 Å². The molecule has 1 aromatic rings. The first kappa shape index (κ1) is 14.9. The van der Waals surface area contributed by atoms with Gasteiger partial charge in [0.2, 0.25) is 5.89 Å². The monoisotopic (exact) mass is 276 g/mol. The van der Waals surface area contributed by atoms with Crippen molar-refractivity contribution in [1.29, 1.82) is 0 Å². The Balaban J connectivity index is 2.51. The standard InChI is InChI=1S/C10H20N4O3S/c1-8(2)11-7-9-12-13-10(17-9)14(3)5-6-18(4,15)16/h8,11H,5-7H2,1-4H3. The first-order valence-corrected chi connectivity index (χ1v) is 7.78. The zero-order valence-corrected chi connectivity index (χ0v) is 12.0. The molecule has 1 aromatic heterocycles. The Labute approximate surface area is 107 Å². The van der Waals surface area contributed by atoms with Gasteiger partial charge in [-0.3, -0.25) is 0 Å². The molecule has 0 aliphatic rings. The number of sulfone groups is 1. The van der Waals surface area contributed by atoms with E-state index in [2.05, 4.69) is 15.5 Å². The lowest BCUT2D eigenvalue weighted by atomic mass is 10.4. The van der Waals surface area contributed by atoms with Crippen LogP contribution in [0.1, 0.15) is 19.7 Å². The van der Waals surface area contributed by atoms with Crippen molar-refractivity contribution in [3.05, 3.63) is 5.89 Å². The molecule has 0 saturated carbocycles. The molecule has 0 spiro atoms. The van der Waals surface area contributed by atoms with Crippen LogP contribution in [0.15, 0.2) is 4.42 Å². The average Bonchev–Trinajstić information content (AvgIpc) is 2.70. The van der Waals surface area contributed by atoms with Crippen molar-refractivity contribution in [3.8, 4) is 0 Å². The minimum Gasteiger partial charge on any atom is -0.407 e. The van der Waals surface area contributed by atoms with Gasteiger partial charge in [0, 0.05) is 25.9 Å². The van der Waals surface area contributed by atoms with Crippen molar-refractivity contribution in [3.63, 3.8) is 0 Å². The topological polar surface area (TPSA) is 88.3 Å². The van der Waals surface area contributed by atoms with Crippen LogP contribution in [0.2, 0.25) is 0 Å². The van der Waals surface area contributed by atoms with Crippen LogP contribution < -0.4 is 10.2 Å². The molecule has 0 fully saturated rings. The molecule has 1 N–H and O–H groups in total. The highest BCUT2D eigenvalue weighted by atomic mass is 32.2. The van der Waals surface area contributed by atoms with Crippen molar-refractivity contribution >= 4 is 15.9 Å². The smallest absolute Gasteiger partial charge is 0.317 e. The van der Waals surface area contributed by atoms with Gasteiger partial charge in [0.05, 0.1) is 12.3 Å². The third-order valence-corrected chi connectivity index (χ3v) is 3.17. The van der Waals surface area contributed by atoms with Crippen molar-refractivity contribution in [2.75, 3.05) is 30.5 Å². The van der Waals surface area contributed by atoms with Gasteiger partial charge in [-0.05, 0) is 0 Å². The highest BCUT2D eigenvalue weighted by molar-refractivity contribution is 7.90. The Morgan fingerprint density at radius 1 is 1.39 bits per heavy atom. The molecule has 0 aromatic carbocycles. The van der Waals surface area contributed by atoms with Gasteiger partial charge in [0.15, 0.2) is 0 Å². The van der Waals surface area contributed by atoms with Crippen LogP contribution in [0.25, 0.3) is 0 Å². The molecule has 18 heavy (non-hydrogen) atoms. The summed E-state index contributed by atoms with van der Waals surface area (Å²) in [5, 5.41) is 10.9. The van der Waals surface area contributed by atoms with E-state index in [0.717, 1.165) is 0 Å². The Kier molecular flexibility index (Phi) is 5.09. The average molecular weight is 276 g/mol. The van der Waals surface area contributed by atoms with E-state index in [1.165, 1.54) is 6.26 Å². The summed E-state index contributed by atoms with van der Waals surface area (Å²) < 4.78 is 27.5. The predicted molar refractivity (Wildman–Crippen MR) is 69.3 cm³/mol. The number of hydrogen-bond acceptors (Lipinski definition) is 7. The van der Waals surface area contributed by atoms with E-state index >= 15 is 0 Å². The molecular weight excluding hydrogens is 256 g/mol. The fraction of sp³-hybridized carbons (Fsp3) is 0.800. The van der Waals surface area contributed by atoms with Crippen LogP contribution in [0.3, 0.4) is 0 Å². The molecule has 0 unspecified atom stereocenters. The molecule has 0 bridgehead atoms. The molecule has 104 valence electrons. The van der Waals surface area contributed by atoms with Gasteiger partial charge in [0.1, 0.15) is 9.84 Å². The second-order valence-corrected chi connectivity index (χ2v) is 6.83.